The number of amidine groups is 1. The summed E-state index contributed by atoms with van der Waals surface area (Å²) in [7, 11) is -4.51. The van der Waals surface area contributed by atoms with E-state index in [1.807, 2.05) is 0 Å². The molecule has 0 aliphatic rings. The van der Waals surface area contributed by atoms with E-state index >= 15 is 0 Å². The number of rotatable bonds is 4. The van der Waals surface area contributed by atoms with E-state index in [0.717, 1.165) is 12.1 Å². The molecule has 1 rings (SSSR count). The summed E-state index contributed by atoms with van der Waals surface area (Å²) in [6.45, 7) is -1.91. The lowest BCUT2D eigenvalue weighted by Gasteiger charge is -2.08. The number of benzene rings is 1. The largest absolute Gasteiger partial charge is 0.413 e. The van der Waals surface area contributed by atoms with E-state index in [1.165, 1.54) is 12.1 Å². The van der Waals surface area contributed by atoms with Crippen molar-refractivity contribution in [2.45, 2.75) is 11.1 Å². The summed E-state index contributed by atoms with van der Waals surface area (Å²) in [5, 5.41) is 11.1. The van der Waals surface area contributed by atoms with Crippen LogP contribution in [-0.4, -0.2) is 32.2 Å². The van der Waals surface area contributed by atoms with Gasteiger partial charge in [0.2, 0.25) is 0 Å². The highest BCUT2D eigenvalue weighted by atomic mass is 32.2. The molecule has 0 heterocycles. The van der Waals surface area contributed by atoms with Gasteiger partial charge in [-0.15, -0.1) is 0 Å². The molecule has 6 nitrogen and oxygen atoms in total. The Morgan fingerprint density at radius 3 is 2.26 bits per heavy atom. The van der Waals surface area contributed by atoms with Crippen molar-refractivity contribution < 1.29 is 31.0 Å². The van der Waals surface area contributed by atoms with Crippen LogP contribution in [0.15, 0.2) is 34.3 Å². The standard InChI is InChI=1S/C9H9F3N2O4S/c10-9(11,12)5-18-19(16,17)7-3-1-6(2-4-7)8(13)14-15/h1-4,15H,5H2,(H2,13,14). The van der Waals surface area contributed by atoms with E-state index in [4.69, 9.17) is 10.9 Å². The molecule has 19 heavy (non-hydrogen) atoms. The van der Waals surface area contributed by atoms with Crippen molar-refractivity contribution in [2.24, 2.45) is 10.9 Å². The lowest BCUT2D eigenvalue weighted by Crippen LogP contribution is -2.20. The average molecular weight is 298 g/mol. The lowest BCUT2D eigenvalue weighted by molar-refractivity contribution is -0.152. The maximum atomic E-state index is 11.9. The molecule has 10 heteroatoms. The SMILES string of the molecule is N/C(=N\O)c1ccc(S(=O)(=O)OCC(F)(F)F)cc1. The molecule has 0 aliphatic carbocycles. The number of oxime groups is 1. The van der Waals surface area contributed by atoms with E-state index in [9.17, 15) is 21.6 Å². The Kier molecular flexibility index (Phi) is 4.37. The van der Waals surface area contributed by atoms with Crippen LogP contribution in [-0.2, 0) is 14.3 Å². The second-order valence-electron chi connectivity index (χ2n) is 3.34. The molecule has 106 valence electrons. The fourth-order valence-corrected chi connectivity index (χ4v) is 1.96. The van der Waals surface area contributed by atoms with Gasteiger partial charge in [0.15, 0.2) is 12.4 Å². The summed E-state index contributed by atoms with van der Waals surface area (Å²) >= 11 is 0. The zero-order valence-electron chi connectivity index (χ0n) is 9.26. The number of nitrogens with two attached hydrogens (primary N) is 1. The van der Waals surface area contributed by atoms with Gasteiger partial charge >= 0.3 is 6.18 Å². The predicted molar refractivity (Wildman–Crippen MR) is 58.1 cm³/mol. The van der Waals surface area contributed by atoms with Gasteiger partial charge in [0.25, 0.3) is 10.1 Å². The van der Waals surface area contributed by atoms with Gasteiger partial charge in [0.1, 0.15) is 0 Å². The second kappa shape index (κ2) is 5.45. The predicted octanol–water partition coefficient (Wildman–Crippen LogP) is 1.05. The molecule has 0 fully saturated rings. The smallest absolute Gasteiger partial charge is 0.409 e. The third-order valence-corrected chi connectivity index (χ3v) is 3.20. The molecule has 0 amide bonds. The zero-order valence-corrected chi connectivity index (χ0v) is 10.1. The van der Waals surface area contributed by atoms with E-state index < -0.39 is 27.8 Å². The van der Waals surface area contributed by atoms with Crippen LogP contribution in [0.4, 0.5) is 13.2 Å². The van der Waals surface area contributed by atoms with Crippen molar-refractivity contribution in [3.8, 4) is 0 Å². The van der Waals surface area contributed by atoms with Gasteiger partial charge in [0, 0.05) is 5.56 Å². The highest BCUT2D eigenvalue weighted by Gasteiger charge is 2.31. The molecule has 0 spiro atoms. The fourth-order valence-electron chi connectivity index (χ4n) is 1.06. The molecule has 0 radical (unpaired) electrons. The molecule has 0 saturated heterocycles. The lowest BCUT2D eigenvalue weighted by atomic mass is 10.2. The third kappa shape index (κ3) is 4.41. The van der Waals surface area contributed by atoms with Gasteiger partial charge in [-0.3, -0.25) is 4.18 Å². The normalized spacial score (nSPS) is 13.5. The number of nitrogens with zero attached hydrogens (tertiary/aromatic N) is 1. The molecule has 3 N–H and O–H groups in total. The Morgan fingerprint density at radius 2 is 1.84 bits per heavy atom. The minimum atomic E-state index is -4.75. The first-order valence-corrected chi connectivity index (χ1v) is 6.11. The Labute approximate surface area is 106 Å². The number of hydrogen-bond donors (Lipinski definition) is 2. The highest BCUT2D eigenvalue weighted by Crippen LogP contribution is 2.19. The first-order valence-electron chi connectivity index (χ1n) is 4.70. The van der Waals surface area contributed by atoms with Gasteiger partial charge in [-0.05, 0) is 24.3 Å². The number of halogens is 3. The average Bonchev–Trinajstić information content (AvgIpc) is 2.35. The number of alkyl halides is 3. The van der Waals surface area contributed by atoms with Crippen LogP contribution < -0.4 is 5.73 Å². The molecular formula is C9H9F3N2O4S. The first kappa shape index (κ1) is 15.2. The van der Waals surface area contributed by atoms with Crippen molar-refractivity contribution in [1.29, 1.82) is 0 Å². The van der Waals surface area contributed by atoms with E-state index in [2.05, 4.69) is 9.34 Å². The second-order valence-corrected chi connectivity index (χ2v) is 4.96. The highest BCUT2D eigenvalue weighted by molar-refractivity contribution is 7.86. The molecule has 0 saturated carbocycles. The van der Waals surface area contributed by atoms with E-state index in [-0.39, 0.29) is 11.4 Å². The van der Waals surface area contributed by atoms with Gasteiger partial charge in [-0.1, -0.05) is 5.16 Å². The minimum Gasteiger partial charge on any atom is -0.409 e. The molecular weight excluding hydrogens is 289 g/mol. The van der Waals surface area contributed by atoms with Crippen molar-refractivity contribution in [3.63, 3.8) is 0 Å². The Morgan fingerprint density at radius 1 is 1.32 bits per heavy atom. The molecule has 0 aromatic heterocycles. The monoisotopic (exact) mass is 298 g/mol. The minimum absolute atomic E-state index is 0.206. The zero-order chi connectivity index (χ0) is 14.7. The number of hydrogen-bond acceptors (Lipinski definition) is 5. The van der Waals surface area contributed by atoms with Crippen LogP contribution >= 0.6 is 0 Å². The van der Waals surface area contributed by atoms with Gasteiger partial charge in [-0.2, -0.15) is 21.6 Å². The van der Waals surface area contributed by atoms with Crippen LogP contribution in [0.3, 0.4) is 0 Å². The van der Waals surface area contributed by atoms with E-state index in [0.29, 0.717) is 0 Å². The van der Waals surface area contributed by atoms with Crippen LogP contribution in [0, 0.1) is 0 Å². The molecule has 0 bridgehead atoms. The molecule has 1 aromatic carbocycles. The topological polar surface area (TPSA) is 102 Å². The maximum absolute atomic E-state index is 11.9. The van der Waals surface area contributed by atoms with Crippen LogP contribution in [0.1, 0.15) is 5.56 Å². The van der Waals surface area contributed by atoms with Crippen molar-refractivity contribution in [1.82, 2.24) is 0 Å². The summed E-state index contributed by atoms with van der Waals surface area (Å²) in [4.78, 5) is -0.466. The molecule has 0 aliphatic heterocycles. The van der Waals surface area contributed by atoms with Gasteiger partial charge in [0.05, 0.1) is 4.90 Å². The summed E-state index contributed by atoms with van der Waals surface area (Å²) in [5.41, 5.74) is 5.45. The van der Waals surface area contributed by atoms with Crippen molar-refractivity contribution in [2.75, 3.05) is 6.61 Å². The molecule has 0 atom stereocenters. The van der Waals surface area contributed by atoms with Gasteiger partial charge < -0.3 is 10.9 Å². The van der Waals surface area contributed by atoms with Gasteiger partial charge in [-0.25, -0.2) is 0 Å². The van der Waals surface area contributed by atoms with Crippen LogP contribution in [0.5, 0.6) is 0 Å². The van der Waals surface area contributed by atoms with Crippen molar-refractivity contribution >= 4 is 16.0 Å². The van der Waals surface area contributed by atoms with Crippen LogP contribution in [0.2, 0.25) is 0 Å². The molecule has 0 unspecified atom stereocenters. The summed E-state index contributed by atoms with van der Waals surface area (Å²) < 4.78 is 62.2. The van der Waals surface area contributed by atoms with Crippen LogP contribution in [0.25, 0.3) is 0 Å². The Bertz CT molecular complexity index is 566. The summed E-state index contributed by atoms with van der Waals surface area (Å²) in [6, 6.07) is 4.30. The maximum Gasteiger partial charge on any atom is 0.413 e. The van der Waals surface area contributed by atoms with Crippen molar-refractivity contribution in [3.05, 3.63) is 29.8 Å². The fraction of sp³-hybridized carbons (Fsp3) is 0.222. The van der Waals surface area contributed by atoms with E-state index in [1.54, 1.807) is 0 Å². The first-order chi connectivity index (χ1) is 8.65. The third-order valence-electron chi connectivity index (χ3n) is 1.92. The Balaban J connectivity index is 2.91. The summed E-state index contributed by atoms with van der Waals surface area (Å²) in [5.74, 6) is -0.264. The summed E-state index contributed by atoms with van der Waals surface area (Å²) in [6.07, 6.45) is -4.75. The molecule has 1 aromatic rings. The quantitative estimate of drug-likeness (QED) is 0.284. The Hall–Kier alpha value is -1.81.